The van der Waals surface area contributed by atoms with Crippen molar-refractivity contribution in [2.24, 2.45) is 20.7 Å². The van der Waals surface area contributed by atoms with Gasteiger partial charge in [0.1, 0.15) is 89.8 Å². The van der Waals surface area contributed by atoms with E-state index >= 15 is 0 Å². The summed E-state index contributed by atoms with van der Waals surface area (Å²) in [7, 11) is 0. The largest absolute Gasteiger partial charge is 0.480 e. The minimum Gasteiger partial charge on any atom is -0.480 e. The number of rotatable bonds is 4. The Labute approximate surface area is 593 Å². The van der Waals surface area contributed by atoms with Gasteiger partial charge in [-0.3, -0.25) is 67.7 Å². The van der Waals surface area contributed by atoms with E-state index in [4.69, 9.17) is 25.7 Å². The number of carboxylic acid groups (broad SMARTS) is 1. The molecule has 16 bridgehead atoms. The summed E-state index contributed by atoms with van der Waals surface area (Å²) in [6.07, 6.45) is 0.890. The lowest BCUT2D eigenvalue weighted by Crippen LogP contribution is -2.62. The molecule has 7 aliphatic heterocycles. The average Bonchev–Trinajstić information content (AvgIpc) is 1.80. The standard InChI is InChI=1S/C60H66N18O14S7/c1-7-28-48(86)77-60(6)59(92)76-44(26(5)79)50(88)63-16-42(82)66-29(8-2)57(89)78-13-9-10-39(78)49(87)64-24(3)43-27(40(80)15-62-31(14-41(61)81)53-70-33(18-94-53)46(84)68-28)11-12-30(67-43)52-74-36(21-97-52)54-71-32(17-95-54)45(83)65-25(4)51-73-35(20-93-51)56-75-37(22-98-56)55-72-34(19-96-55)47(85)69-38(23-99-60)58(90)91/h7-8,11-12,20-22,24,26,31-34,38-39,44,62,79H,4,9-10,13-19,23H2,1-3,5-6H3,(H2,61,81)(H,63,88)(H,64,87)(H,65,83)(H,66,82)(H,68,84)(H,69,85)(H,76,92)(H,77,86)(H,90,91)/b28-7+,29-8+. The molecular weight excluding hydrogens is 1420 g/mol. The normalized spacial score (nSPS) is 27.2. The SMILES string of the molecule is C=C1NC(=O)C2CSC(=N2)c2csc(n2)-c2ccc3c(n2)C(C)NC(=O)C2CCCN2C(=O)/C(=C\C)NC(=O)CNC(=O)C(C(C)O)NC(=O)C(C)(NC(=O)/C(=C\C)NC(=O)C2CSC(=N2)C(CC(N)=O)NCC3=O)SCC(C(=O)O)NC(=O)C2CSC(=N2)c2csc(n2)-c2csc1n2. The molecule has 0 spiro atoms. The zero-order valence-corrected chi connectivity index (χ0v) is 59.0. The summed E-state index contributed by atoms with van der Waals surface area (Å²) in [5, 5.41) is 52.4. The number of thioether (sulfide) groups is 4. The van der Waals surface area contributed by atoms with Gasteiger partial charge in [0.2, 0.25) is 41.4 Å². The first-order chi connectivity index (χ1) is 47.2. The van der Waals surface area contributed by atoms with Crippen LogP contribution in [0.25, 0.3) is 27.1 Å². The summed E-state index contributed by atoms with van der Waals surface area (Å²) in [5.41, 5.74) is 6.90. The smallest absolute Gasteiger partial charge is 0.327 e. The Morgan fingerprint density at radius 1 is 0.727 bits per heavy atom. The topological polar surface area (TPSA) is 471 Å². The number of fused-ring (bicyclic) bond motifs is 8. The maximum absolute atomic E-state index is 14.7. The lowest BCUT2D eigenvalue weighted by Gasteiger charge is -2.32. The van der Waals surface area contributed by atoms with E-state index in [1.807, 2.05) is 0 Å². The van der Waals surface area contributed by atoms with Crippen LogP contribution < -0.4 is 53.6 Å². The Morgan fingerprint density at radius 3 is 2.00 bits per heavy atom. The van der Waals surface area contributed by atoms with Crippen molar-refractivity contribution < 1.29 is 67.7 Å². The van der Waals surface area contributed by atoms with Gasteiger partial charge in [-0.25, -0.2) is 24.7 Å². The van der Waals surface area contributed by atoms with E-state index in [2.05, 4.69) is 69.4 Å². The number of nitrogens with two attached hydrogens (primary N) is 1. The molecule has 4 aromatic heterocycles. The molecule has 39 heteroatoms. The van der Waals surface area contributed by atoms with Crippen molar-refractivity contribution in [2.75, 3.05) is 42.6 Å². The van der Waals surface area contributed by atoms with Crippen LogP contribution in [0.2, 0.25) is 0 Å². The van der Waals surface area contributed by atoms with Gasteiger partial charge < -0.3 is 68.7 Å². The third-order valence-corrected chi connectivity index (χ3v) is 23.1. The van der Waals surface area contributed by atoms with Crippen LogP contribution in [0.15, 0.2) is 73.4 Å². The first-order valence-corrected chi connectivity index (χ1v) is 37.2. The van der Waals surface area contributed by atoms with Crippen molar-refractivity contribution in [3.63, 3.8) is 0 Å². The lowest BCUT2D eigenvalue weighted by molar-refractivity contribution is -0.141. The number of carboxylic acids is 1. The van der Waals surface area contributed by atoms with E-state index in [0.29, 0.717) is 60.4 Å². The molecular formula is C60H66N18O14S7. The van der Waals surface area contributed by atoms with Gasteiger partial charge in [0, 0.05) is 57.7 Å². The van der Waals surface area contributed by atoms with Crippen LogP contribution in [0.5, 0.6) is 0 Å². The maximum atomic E-state index is 14.7. The van der Waals surface area contributed by atoms with E-state index in [-0.39, 0.29) is 63.6 Å². The molecule has 4 aromatic rings. The van der Waals surface area contributed by atoms with Crippen molar-refractivity contribution >= 4 is 173 Å². The number of primary amides is 1. The summed E-state index contributed by atoms with van der Waals surface area (Å²) in [5.74, 6) is -11.3. The summed E-state index contributed by atoms with van der Waals surface area (Å²) < 4.78 is 0. The number of Topliss-reactive ketones (excluding diaryl/α,β-unsaturated/α-hetero) is 1. The molecule has 7 aliphatic rings. The quantitative estimate of drug-likeness (QED) is 0.121. The molecule has 11 rings (SSSR count). The summed E-state index contributed by atoms with van der Waals surface area (Å²) in [4.78, 5) is 200. The van der Waals surface area contributed by atoms with Gasteiger partial charge in [0.25, 0.3) is 17.7 Å². The number of aliphatic carboxylic acids is 1. The van der Waals surface area contributed by atoms with Crippen molar-refractivity contribution in [1.29, 1.82) is 0 Å². The molecule has 1 fully saturated rings. The van der Waals surface area contributed by atoms with Crippen LogP contribution in [0.1, 0.15) is 92.4 Å². The second-order valence-corrected chi connectivity index (χ2v) is 30.1. The van der Waals surface area contributed by atoms with Gasteiger partial charge in [-0.05, 0) is 59.6 Å². The number of hydrogen-bond donors (Lipinski definition) is 12. The number of carbonyl (C=O) groups excluding carboxylic acids is 11. The van der Waals surface area contributed by atoms with Crippen LogP contribution in [0, 0.1) is 0 Å². The zero-order chi connectivity index (χ0) is 71.1. The van der Waals surface area contributed by atoms with E-state index in [1.165, 1.54) is 94.5 Å². The van der Waals surface area contributed by atoms with Crippen LogP contribution in [-0.2, 0) is 52.7 Å². The Bertz CT molecular complexity index is 4170. The summed E-state index contributed by atoms with van der Waals surface area (Å²) >= 11 is 7.67. The van der Waals surface area contributed by atoms with E-state index in [1.54, 1.807) is 29.1 Å². The number of thiazole rings is 3. The lowest BCUT2D eigenvalue weighted by atomic mass is 10.0. The molecule has 1 saturated heterocycles. The molecule has 0 aliphatic carbocycles. The van der Waals surface area contributed by atoms with Gasteiger partial charge in [0.05, 0.1) is 53.4 Å². The third kappa shape index (κ3) is 17.2. The number of aliphatic hydroxyl groups excluding tert-OH is 1. The molecule has 32 nitrogen and oxygen atoms in total. The molecule has 13 N–H and O–H groups in total. The number of aliphatic hydroxyl groups is 1. The number of aromatic nitrogens is 4. The first kappa shape index (κ1) is 73.2. The number of nitrogens with one attached hydrogen (secondary N) is 9. The number of pyridine rings is 1. The van der Waals surface area contributed by atoms with E-state index in [9.17, 15) is 67.7 Å². The van der Waals surface area contributed by atoms with Gasteiger partial charge in [0.15, 0.2) is 10.7 Å². The number of aliphatic imine (C=N–C) groups is 3. The highest BCUT2D eigenvalue weighted by Crippen LogP contribution is 2.35. The molecule has 0 aromatic carbocycles. The third-order valence-electron chi connectivity index (χ3n) is 15.8. The van der Waals surface area contributed by atoms with E-state index < -0.39 is 161 Å². The van der Waals surface area contributed by atoms with Crippen LogP contribution in [0.4, 0.5) is 0 Å². The predicted octanol–water partition coefficient (Wildman–Crippen LogP) is 0.179. The number of nitrogens with zero attached hydrogens (tertiary/aromatic N) is 8. The molecule has 11 heterocycles. The number of carbonyl (C=O) groups is 12. The Morgan fingerprint density at radius 2 is 1.34 bits per heavy atom. The Kier molecular flexibility index (Phi) is 23.5. The van der Waals surface area contributed by atoms with Crippen molar-refractivity contribution in [3.8, 4) is 21.4 Å². The van der Waals surface area contributed by atoms with Gasteiger partial charge in [-0.15, -0.1) is 81.1 Å². The molecule has 522 valence electrons. The predicted molar refractivity (Wildman–Crippen MR) is 375 cm³/mol. The van der Waals surface area contributed by atoms with E-state index in [0.717, 1.165) is 25.6 Å². The molecule has 99 heavy (non-hydrogen) atoms. The van der Waals surface area contributed by atoms with Crippen molar-refractivity contribution in [3.05, 3.63) is 86.1 Å². The molecule has 10 atom stereocenters. The minimum absolute atomic E-state index is 0.0214. The number of hydrogen-bond acceptors (Lipinski definition) is 28. The number of allylic oxidation sites excluding steroid dienone is 2. The fourth-order valence-electron chi connectivity index (χ4n) is 10.5. The second-order valence-electron chi connectivity index (χ2n) is 23.0. The second kappa shape index (κ2) is 31.7. The Balaban J connectivity index is 1.04. The summed E-state index contributed by atoms with van der Waals surface area (Å²) in [6, 6.07) is -7.02. The number of amides is 10. The molecule has 0 saturated carbocycles. The van der Waals surface area contributed by atoms with Gasteiger partial charge in [-0.2, -0.15) is 0 Å². The highest BCUT2D eigenvalue weighted by atomic mass is 32.2. The van der Waals surface area contributed by atoms with Crippen LogP contribution in [0.3, 0.4) is 0 Å². The Hall–Kier alpha value is -8.57. The molecule has 0 radical (unpaired) electrons. The summed E-state index contributed by atoms with van der Waals surface area (Å²) in [6.45, 7) is 9.50. The fraction of sp³-hybridized carbons (Fsp3) is 0.417. The molecule has 10 unspecified atom stereocenters. The monoisotopic (exact) mass is 1490 g/mol. The first-order valence-electron chi connectivity index (χ1n) is 30.6. The fourth-order valence-corrected chi connectivity index (χ4v) is 17.2. The average molecular weight is 1490 g/mol. The van der Waals surface area contributed by atoms with Crippen molar-refractivity contribution in [2.45, 2.75) is 113 Å². The highest BCUT2D eigenvalue weighted by molar-refractivity contribution is 8.15. The van der Waals surface area contributed by atoms with Crippen molar-refractivity contribution in [1.82, 2.24) is 72.7 Å². The van der Waals surface area contributed by atoms with Crippen LogP contribution >= 0.6 is 81.1 Å². The maximum Gasteiger partial charge on any atom is 0.327 e. The minimum atomic E-state index is -2.34. The number of ketones is 1. The highest BCUT2D eigenvalue weighted by Gasteiger charge is 2.43. The zero-order valence-electron chi connectivity index (χ0n) is 53.3. The van der Waals surface area contributed by atoms with Gasteiger partial charge >= 0.3 is 5.97 Å². The van der Waals surface area contributed by atoms with Crippen LogP contribution in [-0.4, -0.2) is 217 Å². The van der Waals surface area contributed by atoms with Gasteiger partial charge in [-0.1, -0.05) is 18.7 Å². The molecule has 10 amide bonds.